The van der Waals surface area contributed by atoms with E-state index in [1.807, 2.05) is 29.6 Å². The van der Waals surface area contributed by atoms with Gasteiger partial charge >= 0.3 is 0 Å². The summed E-state index contributed by atoms with van der Waals surface area (Å²) >= 11 is 0. The maximum Gasteiger partial charge on any atom is 0.243 e. The molecule has 1 fully saturated rings. The molecule has 1 aliphatic rings. The number of likely N-dealkylation sites (tertiary alicyclic amines) is 1. The molecule has 0 aliphatic carbocycles. The fraction of sp³-hybridized carbons (Fsp3) is 0.625. The van der Waals surface area contributed by atoms with Gasteiger partial charge < -0.3 is 10.2 Å². The molecule has 0 spiro atoms. The molecule has 0 saturated carbocycles. The number of rotatable bonds is 5. The van der Waals surface area contributed by atoms with E-state index in [1.54, 1.807) is 0 Å². The third kappa shape index (κ3) is 3.53. The van der Waals surface area contributed by atoms with Crippen molar-refractivity contribution in [2.45, 2.75) is 33.1 Å². The Balaban J connectivity index is 1.54. The molecule has 114 valence electrons. The van der Waals surface area contributed by atoms with Gasteiger partial charge in [-0.3, -0.25) is 0 Å². The molecule has 1 atom stereocenters. The normalized spacial score (nSPS) is 18.0. The van der Waals surface area contributed by atoms with Crippen LogP contribution in [0.4, 0.5) is 5.95 Å². The Kier molecular flexibility index (Phi) is 4.39. The zero-order valence-corrected chi connectivity index (χ0v) is 13.0. The van der Waals surface area contributed by atoms with Crippen LogP contribution in [-0.2, 0) is 0 Å². The molecule has 1 N–H and O–H groups in total. The third-order valence-electron chi connectivity index (χ3n) is 4.18. The van der Waals surface area contributed by atoms with Gasteiger partial charge in [0.25, 0.3) is 0 Å². The molecular formula is C16H25N5. The molecule has 2 aromatic rings. The molecule has 2 aromatic heterocycles. The maximum atomic E-state index is 4.52. The van der Waals surface area contributed by atoms with Gasteiger partial charge in [-0.05, 0) is 50.9 Å². The van der Waals surface area contributed by atoms with Gasteiger partial charge in [-0.25, -0.2) is 4.52 Å². The number of piperidine rings is 1. The van der Waals surface area contributed by atoms with Crippen molar-refractivity contribution in [2.24, 2.45) is 5.92 Å². The first kappa shape index (κ1) is 14.3. The van der Waals surface area contributed by atoms with Crippen LogP contribution in [0, 0.1) is 12.8 Å². The van der Waals surface area contributed by atoms with Crippen LogP contribution in [0.3, 0.4) is 0 Å². The quantitative estimate of drug-likeness (QED) is 0.918. The summed E-state index contributed by atoms with van der Waals surface area (Å²) in [5.74, 6) is 1.34. The van der Waals surface area contributed by atoms with Gasteiger partial charge in [-0.15, -0.1) is 5.10 Å². The van der Waals surface area contributed by atoms with Crippen LogP contribution >= 0.6 is 0 Å². The molecule has 1 unspecified atom stereocenters. The minimum Gasteiger partial charge on any atom is -0.353 e. The number of hydrogen-bond acceptors (Lipinski definition) is 4. The smallest absolute Gasteiger partial charge is 0.243 e. The van der Waals surface area contributed by atoms with E-state index in [9.17, 15) is 0 Å². The Morgan fingerprint density at radius 3 is 2.81 bits per heavy atom. The number of fused-ring (bicyclic) bond motifs is 1. The second-order valence-electron chi connectivity index (χ2n) is 6.22. The summed E-state index contributed by atoms with van der Waals surface area (Å²) in [6, 6.07) is 6.05. The molecule has 1 saturated heterocycles. The number of pyridine rings is 1. The summed E-state index contributed by atoms with van der Waals surface area (Å²) in [6.07, 6.45) is 4.11. The summed E-state index contributed by atoms with van der Waals surface area (Å²) in [6.45, 7) is 8.95. The van der Waals surface area contributed by atoms with Crippen molar-refractivity contribution in [3.05, 3.63) is 23.9 Å². The average molecular weight is 287 g/mol. The van der Waals surface area contributed by atoms with E-state index < -0.39 is 0 Å². The Morgan fingerprint density at radius 2 is 2.05 bits per heavy atom. The van der Waals surface area contributed by atoms with E-state index in [0.717, 1.165) is 23.8 Å². The van der Waals surface area contributed by atoms with Gasteiger partial charge in [0.1, 0.15) is 0 Å². The average Bonchev–Trinajstić information content (AvgIpc) is 2.91. The summed E-state index contributed by atoms with van der Waals surface area (Å²) in [7, 11) is 0. The van der Waals surface area contributed by atoms with Crippen LogP contribution < -0.4 is 5.32 Å². The van der Waals surface area contributed by atoms with E-state index in [-0.39, 0.29) is 0 Å². The maximum absolute atomic E-state index is 4.52. The molecule has 1 aliphatic heterocycles. The number of nitrogens with zero attached hydrogens (tertiary/aromatic N) is 4. The largest absolute Gasteiger partial charge is 0.353 e. The first-order valence-electron chi connectivity index (χ1n) is 8.01. The van der Waals surface area contributed by atoms with Gasteiger partial charge in [0, 0.05) is 18.8 Å². The lowest BCUT2D eigenvalue weighted by Crippen LogP contribution is -2.35. The van der Waals surface area contributed by atoms with Crippen LogP contribution in [-0.4, -0.2) is 45.7 Å². The highest BCUT2D eigenvalue weighted by atomic mass is 15.3. The van der Waals surface area contributed by atoms with Gasteiger partial charge in [0.15, 0.2) is 5.65 Å². The van der Waals surface area contributed by atoms with Crippen molar-refractivity contribution in [1.29, 1.82) is 0 Å². The molecule has 0 radical (unpaired) electrons. The second kappa shape index (κ2) is 6.43. The predicted molar refractivity (Wildman–Crippen MR) is 85.7 cm³/mol. The zero-order valence-electron chi connectivity index (χ0n) is 13.0. The predicted octanol–water partition coefficient (Wildman–Crippen LogP) is 2.57. The summed E-state index contributed by atoms with van der Waals surface area (Å²) in [5.41, 5.74) is 2.01. The number of nitrogens with one attached hydrogen (secondary N) is 1. The van der Waals surface area contributed by atoms with Gasteiger partial charge in [-0.1, -0.05) is 19.4 Å². The Bertz CT molecular complexity index is 585. The molecule has 0 bridgehead atoms. The van der Waals surface area contributed by atoms with E-state index >= 15 is 0 Å². The Labute approximate surface area is 126 Å². The van der Waals surface area contributed by atoms with E-state index in [4.69, 9.17) is 0 Å². The molecule has 5 heteroatoms. The monoisotopic (exact) mass is 287 g/mol. The van der Waals surface area contributed by atoms with Gasteiger partial charge in [0.2, 0.25) is 5.95 Å². The van der Waals surface area contributed by atoms with Crippen molar-refractivity contribution in [3.63, 3.8) is 0 Å². The Hall–Kier alpha value is -1.62. The number of aryl methyl sites for hydroxylation is 1. The van der Waals surface area contributed by atoms with Gasteiger partial charge in [0.05, 0.1) is 0 Å². The van der Waals surface area contributed by atoms with Gasteiger partial charge in [-0.2, -0.15) is 4.98 Å². The van der Waals surface area contributed by atoms with E-state index in [0.29, 0.717) is 5.92 Å². The molecule has 0 amide bonds. The minimum atomic E-state index is 0.607. The van der Waals surface area contributed by atoms with Crippen LogP contribution in [0.25, 0.3) is 5.65 Å². The van der Waals surface area contributed by atoms with E-state index in [2.05, 4.69) is 27.2 Å². The standard InChI is InChI=1S/C16H25N5/c1-13(12-20-9-4-3-5-10-20)11-17-16-18-15-8-6-7-14(2)21(15)19-16/h6-8,13H,3-5,9-12H2,1-2H3,(H,17,19). The lowest BCUT2D eigenvalue weighted by atomic mass is 10.1. The summed E-state index contributed by atoms with van der Waals surface area (Å²) in [5, 5.41) is 7.89. The molecular weight excluding hydrogens is 262 g/mol. The molecule has 3 heterocycles. The SMILES string of the molecule is Cc1cccc2nc(NCC(C)CN3CCCCC3)nn12. The summed E-state index contributed by atoms with van der Waals surface area (Å²) in [4.78, 5) is 7.10. The lowest BCUT2D eigenvalue weighted by molar-refractivity contribution is 0.204. The number of anilines is 1. The lowest BCUT2D eigenvalue weighted by Gasteiger charge is -2.29. The van der Waals surface area contributed by atoms with Crippen molar-refractivity contribution in [1.82, 2.24) is 19.5 Å². The fourth-order valence-corrected chi connectivity index (χ4v) is 3.02. The molecule has 5 nitrogen and oxygen atoms in total. The molecule has 3 rings (SSSR count). The van der Waals surface area contributed by atoms with E-state index in [1.165, 1.54) is 38.9 Å². The van der Waals surface area contributed by atoms with Crippen molar-refractivity contribution >= 4 is 11.6 Å². The van der Waals surface area contributed by atoms with Crippen LogP contribution in [0.15, 0.2) is 18.2 Å². The van der Waals surface area contributed by atoms with Crippen molar-refractivity contribution in [2.75, 3.05) is 31.5 Å². The van der Waals surface area contributed by atoms with Crippen LogP contribution in [0.5, 0.6) is 0 Å². The molecule has 0 aromatic carbocycles. The minimum absolute atomic E-state index is 0.607. The van der Waals surface area contributed by atoms with Crippen molar-refractivity contribution < 1.29 is 0 Å². The van der Waals surface area contributed by atoms with Crippen molar-refractivity contribution in [3.8, 4) is 0 Å². The van der Waals surface area contributed by atoms with Crippen LogP contribution in [0.2, 0.25) is 0 Å². The zero-order chi connectivity index (χ0) is 14.7. The first-order valence-corrected chi connectivity index (χ1v) is 8.01. The van der Waals surface area contributed by atoms with Crippen LogP contribution in [0.1, 0.15) is 31.9 Å². The second-order valence-corrected chi connectivity index (χ2v) is 6.22. The summed E-state index contributed by atoms with van der Waals surface area (Å²) < 4.78 is 1.89. The molecule has 21 heavy (non-hydrogen) atoms. The highest BCUT2D eigenvalue weighted by molar-refractivity contribution is 5.44. The number of hydrogen-bond donors (Lipinski definition) is 1. The Morgan fingerprint density at radius 1 is 1.24 bits per heavy atom. The fourth-order valence-electron chi connectivity index (χ4n) is 3.02. The topological polar surface area (TPSA) is 45.5 Å². The third-order valence-corrected chi connectivity index (χ3v) is 4.18. The number of aromatic nitrogens is 3. The highest BCUT2D eigenvalue weighted by Crippen LogP contribution is 2.12. The first-order chi connectivity index (χ1) is 10.2. The highest BCUT2D eigenvalue weighted by Gasteiger charge is 2.14.